The van der Waals surface area contributed by atoms with Crippen LogP contribution in [-0.2, 0) is 4.74 Å². The average Bonchev–Trinajstić information content (AvgIpc) is 3.16. The highest BCUT2D eigenvalue weighted by Crippen LogP contribution is 2.24. The van der Waals surface area contributed by atoms with Gasteiger partial charge in [0.2, 0.25) is 0 Å². The maximum absolute atomic E-state index is 9.37. The van der Waals surface area contributed by atoms with E-state index in [2.05, 4.69) is 16.3 Å². The summed E-state index contributed by atoms with van der Waals surface area (Å²) in [6, 6.07) is 3.04. The Labute approximate surface area is 110 Å². The molecule has 1 aliphatic carbocycles. The second kappa shape index (κ2) is 6.01. The predicted octanol–water partition coefficient (Wildman–Crippen LogP) is 1.38. The Balaban J connectivity index is 1.77. The number of ether oxygens (including phenoxy) is 1. The number of nitrogens with one attached hydrogen (secondary N) is 1. The van der Waals surface area contributed by atoms with Crippen molar-refractivity contribution in [3.8, 4) is 6.07 Å². The fraction of sp³-hybridized carbons (Fsp3) is 0.929. The van der Waals surface area contributed by atoms with Crippen LogP contribution in [-0.4, -0.2) is 49.8 Å². The third kappa shape index (κ3) is 3.94. The van der Waals surface area contributed by atoms with Gasteiger partial charge in [-0.05, 0) is 51.6 Å². The normalized spacial score (nSPS) is 25.6. The summed E-state index contributed by atoms with van der Waals surface area (Å²) in [4.78, 5) is 2.42. The minimum atomic E-state index is -0.380. The Bertz CT molecular complexity index is 303. The standard InChI is InChI=1S/C14H25N3O/c1-14(10-15,16-13-3-4-13)11-17-7-5-12(6-8-17)9-18-2/h12-13,16H,3-9,11H2,1-2H3. The van der Waals surface area contributed by atoms with E-state index in [9.17, 15) is 5.26 Å². The summed E-state index contributed by atoms with van der Waals surface area (Å²) in [5, 5.41) is 12.8. The van der Waals surface area contributed by atoms with Gasteiger partial charge in [-0.25, -0.2) is 0 Å². The Morgan fingerprint density at radius 3 is 2.50 bits per heavy atom. The van der Waals surface area contributed by atoms with Gasteiger partial charge in [0.1, 0.15) is 5.54 Å². The van der Waals surface area contributed by atoms with Gasteiger partial charge in [0.25, 0.3) is 0 Å². The topological polar surface area (TPSA) is 48.3 Å². The number of rotatable bonds is 6. The van der Waals surface area contributed by atoms with Crippen LogP contribution in [0.4, 0.5) is 0 Å². The fourth-order valence-electron chi connectivity index (χ4n) is 2.79. The van der Waals surface area contributed by atoms with E-state index in [0.717, 1.165) is 26.2 Å². The van der Waals surface area contributed by atoms with E-state index in [1.807, 2.05) is 6.92 Å². The minimum Gasteiger partial charge on any atom is -0.384 e. The zero-order valence-corrected chi connectivity index (χ0v) is 11.6. The molecule has 0 aromatic carbocycles. The highest BCUT2D eigenvalue weighted by atomic mass is 16.5. The van der Waals surface area contributed by atoms with Gasteiger partial charge in [-0.15, -0.1) is 0 Å². The maximum atomic E-state index is 9.37. The van der Waals surface area contributed by atoms with Crippen molar-refractivity contribution in [2.24, 2.45) is 5.92 Å². The fourth-order valence-corrected chi connectivity index (χ4v) is 2.79. The third-order valence-corrected chi connectivity index (χ3v) is 4.00. The SMILES string of the molecule is COCC1CCN(CC(C)(C#N)NC2CC2)CC1. The summed E-state index contributed by atoms with van der Waals surface area (Å²) in [6.45, 7) is 5.95. The van der Waals surface area contributed by atoms with Crippen LogP contribution in [0.3, 0.4) is 0 Å². The van der Waals surface area contributed by atoms with Crippen molar-refractivity contribution in [3.05, 3.63) is 0 Å². The first-order chi connectivity index (χ1) is 8.65. The molecule has 2 fully saturated rings. The van der Waals surface area contributed by atoms with Crippen LogP contribution >= 0.6 is 0 Å². The predicted molar refractivity (Wildman–Crippen MR) is 71.2 cm³/mol. The molecule has 0 spiro atoms. The number of likely N-dealkylation sites (tertiary alicyclic amines) is 1. The van der Waals surface area contributed by atoms with E-state index in [1.165, 1.54) is 25.7 Å². The molecule has 102 valence electrons. The van der Waals surface area contributed by atoms with Crippen molar-refractivity contribution in [1.29, 1.82) is 5.26 Å². The number of hydrogen-bond donors (Lipinski definition) is 1. The summed E-state index contributed by atoms with van der Waals surface area (Å²) in [7, 11) is 1.78. The number of piperidine rings is 1. The van der Waals surface area contributed by atoms with Gasteiger partial charge >= 0.3 is 0 Å². The molecular weight excluding hydrogens is 226 g/mol. The zero-order chi connectivity index (χ0) is 13.0. The molecular formula is C14H25N3O. The molecule has 1 saturated carbocycles. The first-order valence-corrected chi connectivity index (χ1v) is 7.05. The van der Waals surface area contributed by atoms with Gasteiger partial charge in [-0.2, -0.15) is 5.26 Å². The van der Waals surface area contributed by atoms with Gasteiger partial charge in [0.15, 0.2) is 0 Å². The second-order valence-electron chi connectivity index (χ2n) is 6.04. The summed E-state index contributed by atoms with van der Waals surface area (Å²) in [6.07, 6.45) is 4.85. The van der Waals surface area contributed by atoms with E-state index in [4.69, 9.17) is 4.74 Å². The molecule has 2 rings (SSSR count). The van der Waals surface area contributed by atoms with E-state index in [1.54, 1.807) is 7.11 Å². The lowest BCUT2D eigenvalue weighted by Crippen LogP contribution is -2.52. The van der Waals surface area contributed by atoms with Gasteiger partial charge in [-0.3, -0.25) is 5.32 Å². The highest BCUT2D eigenvalue weighted by molar-refractivity contribution is 5.09. The molecule has 1 heterocycles. The quantitative estimate of drug-likeness (QED) is 0.775. The molecule has 2 aliphatic rings. The van der Waals surface area contributed by atoms with Crippen LogP contribution in [0.15, 0.2) is 0 Å². The Morgan fingerprint density at radius 1 is 1.33 bits per heavy atom. The van der Waals surface area contributed by atoms with Crippen LogP contribution < -0.4 is 5.32 Å². The summed E-state index contributed by atoms with van der Waals surface area (Å²) in [5.74, 6) is 0.705. The molecule has 4 heteroatoms. The number of nitriles is 1. The first-order valence-electron chi connectivity index (χ1n) is 7.05. The monoisotopic (exact) mass is 251 g/mol. The zero-order valence-electron chi connectivity index (χ0n) is 11.6. The molecule has 18 heavy (non-hydrogen) atoms. The van der Waals surface area contributed by atoms with E-state index in [-0.39, 0.29) is 5.54 Å². The van der Waals surface area contributed by atoms with Gasteiger partial charge in [0.05, 0.1) is 6.07 Å². The Hall–Kier alpha value is -0.630. The Kier molecular flexibility index (Phi) is 4.60. The molecule has 1 unspecified atom stereocenters. The molecule has 1 atom stereocenters. The van der Waals surface area contributed by atoms with Gasteiger partial charge in [-0.1, -0.05) is 0 Å². The molecule has 1 N–H and O–H groups in total. The number of methoxy groups -OCH3 is 1. The molecule has 1 aliphatic heterocycles. The van der Waals surface area contributed by atoms with Crippen LogP contribution in [0.2, 0.25) is 0 Å². The average molecular weight is 251 g/mol. The van der Waals surface area contributed by atoms with Crippen molar-refractivity contribution < 1.29 is 4.74 Å². The van der Waals surface area contributed by atoms with Crippen molar-refractivity contribution >= 4 is 0 Å². The van der Waals surface area contributed by atoms with Gasteiger partial charge < -0.3 is 9.64 Å². The second-order valence-corrected chi connectivity index (χ2v) is 6.04. The summed E-state index contributed by atoms with van der Waals surface area (Å²) < 4.78 is 5.22. The summed E-state index contributed by atoms with van der Waals surface area (Å²) >= 11 is 0. The molecule has 0 bridgehead atoms. The largest absolute Gasteiger partial charge is 0.384 e. The third-order valence-electron chi connectivity index (χ3n) is 4.00. The minimum absolute atomic E-state index is 0.380. The Morgan fingerprint density at radius 2 is 2.00 bits per heavy atom. The van der Waals surface area contributed by atoms with Gasteiger partial charge in [0, 0.05) is 26.3 Å². The molecule has 0 radical (unpaired) electrons. The highest BCUT2D eigenvalue weighted by Gasteiger charge is 2.34. The first kappa shape index (κ1) is 13.8. The van der Waals surface area contributed by atoms with Crippen molar-refractivity contribution in [2.45, 2.75) is 44.2 Å². The van der Waals surface area contributed by atoms with E-state index in [0.29, 0.717) is 12.0 Å². The lowest BCUT2D eigenvalue weighted by Gasteiger charge is -2.36. The lowest BCUT2D eigenvalue weighted by atomic mass is 9.95. The van der Waals surface area contributed by atoms with Crippen LogP contribution in [0, 0.1) is 17.2 Å². The molecule has 1 saturated heterocycles. The molecule has 4 nitrogen and oxygen atoms in total. The number of hydrogen-bond acceptors (Lipinski definition) is 4. The summed E-state index contributed by atoms with van der Waals surface area (Å²) in [5.41, 5.74) is -0.380. The number of nitrogens with zero attached hydrogens (tertiary/aromatic N) is 2. The van der Waals surface area contributed by atoms with E-state index >= 15 is 0 Å². The molecule has 0 aromatic rings. The van der Waals surface area contributed by atoms with Crippen LogP contribution in [0.5, 0.6) is 0 Å². The van der Waals surface area contributed by atoms with E-state index < -0.39 is 0 Å². The maximum Gasteiger partial charge on any atom is 0.116 e. The van der Waals surface area contributed by atoms with Crippen molar-refractivity contribution in [1.82, 2.24) is 10.2 Å². The van der Waals surface area contributed by atoms with Crippen LogP contribution in [0.25, 0.3) is 0 Å². The lowest BCUT2D eigenvalue weighted by molar-refractivity contribution is 0.0913. The molecule has 0 amide bonds. The molecule has 0 aromatic heterocycles. The van der Waals surface area contributed by atoms with Crippen LogP contribution in [0.1, 0.15) is 32.6 Å². The smallest absolute Gasteiger partial charge is 0.116 e. The van der Waals surface area contributed by atoms with Crippen molar-refractivity contribution in [3.63, 3.8) is 0 Å². The van der Waals surface area contributed by atoms with Crippen molar-refractivity contribution in [2.75, 3.05) is 33.4 Å².